The minimum Gasteiger partial charge on any atom is -0.464 e. The maximum atomic E-state index is 12.0. The molecule has 0 saturated carbocycles. The van der Waals surface area contributed by atoms with E-state index in [0.717, 1.165) is 26.1 Å². The highest BCUT2D eigenvalue weighted by Gasteiger charge is 2.18. The monoisotopic (exact) mass is 343 g/mol. The third kappa shape index (κ3) is 5.41. The van der Waals surface area contributed by atoms with Crippen molar-refractivity contribution in [2.45, 2.75) is 39.0 Å². The number of carbonyl (C=O) groups excluding carboxylic acids is 1. The number of hydrogen-bond acceptors (Lipinski definition) is 4. The van der Waals surface area contributed by atoms with E-state index in [0.29, 0.717) is 18.9 Å². The molecule has 1 unspecified atom stereocenters. The normalized spacial score (nSPS) is 16.8. The fourth-order valence-electron chi connectivity index (χ4n) is 2.73. The molecular weight excluding hydrogens is 318 g/mol. The van der Waals surface area contributed by atoms with Gasteiger partial charge in [-0.2, -0.15) is 0 Å². The van der Waals surface area contributed by atoms with Crippen LogP contribution in [0, 0.1) is 0 Å². The summed E-state index contributed by atoms with van der Waals surface area (Å²) in [5.41, 5.74) is 1.31. The van der Waals surface area contributed by atoms with Crippen LogP contribution in [0.5, 0.6) is 0 Å². The number of esters is 1. The van der Waals surface area contributed by atoms with Crippen LogP contribution in [-0.4, -0.2) is 37.1 Å². The number of allylic oxidation sites excluding steroid dienone is 2. The van der Waals surface area contributed by atoms with Gasteiger partial charge in [0.25, 0.3) is 0 Å². The molecule has 1 atom stereocenters. The molecule has 0 N–H and O–H groups in total. The van der Waals surface area contributed by atoms with Gasteiger partial charge in [0.1, 0.15) is 6.61 Å². The molecule has 5 heteroatoms. The van der Waals surface area contributed by atoms with Crippen molar-refractivity contribution in [3.05, 3.63) is 34.0 Å². The quantitative estimate of drug-likeness (QED) is 0.527. The molecule has 0 fully saturated rings. The van der Waals surface area contributed by atoms with Crippen LogP contribution in [0.4, 0.5) is 0 Å². The molecular formula is C17H26ClNO2S. The summed E-state index contributed by atoms with van der Waals surface area (Å²) in [6.45, 7) is 7.55. The zero-order chi connectivity index (χ0) is 15.1. The second-order valence-corrected chi connectivity index (χ2v) is 6.34. The maximum Gasteiger partial charge on any atom is 0.311 e. The van der Waals surface area contributed by atoms with Gasteiger partial charge < -0.3 is 9.64 Å². The number of carbonyl (C=O) groups is 1. The number of nitrogens with zero attached hydrogens (tertiary/aromatic N) is 1. The Morgan fingerprint density at radius 1 is 1.41 bits per heavy atom. The molecule has 0 bridgehead atoms. The van der Waals surface area contributed by atoms with E-state index in [-0.39, 0.29) is 18.4 Å². The largest absolute Gasteiger partial charge is 0.464 e. The van der Waals surface area contributed by atoms with E-state index in [2.05, 4.69) is 42.3 Å². The van der Waals surface area contributed by atoms with Gasteiger partial charge >= 0.3 is 5.97 Å². The van der Waals surface area contributed by atoms with Crippen LogP contribution >= 0.6 is 23.7 Å². The summed E-state index contributed by atoms with van der Waals surface area (Å²) in [5.74, 6) is 0.391. The molecule has 1 aliphatic rings. The number of halogens is 1. The predicted octanol–water partition coefficient (Wildman–Crippen LogP) is 4.03. The van der Waals surface area contributed by atoms with E-state index in [1.165, 1.54) is 16.9 Å². The molecule has 3 nitrogen and oxygen atoms in total. The molecule has 1 aromatic heterocycles. The third-order valence-corrected chi connectivity index (χ3v) is 5.00. The van der Waals surface area contributed by atoms with E-state index in [1.54, 1.807) is 11.3 Å². The topological polar surface area (TPSA) is 29.5 Å². The zero-order valence-corrected chi connectivity index (χ0v) is 15.0. The molecule has 0 saturated heterocycles. The summed E-state index contributed by atoms with van der Waals surface area (Å²) < 4.78 is 5.38. The van der Waals surface area contributed by atoms with Crippen LogP contribution in [0.25, 0.3) is 0 Å². The molecule has 2 rings (SSSR count). The second-order valence-electron chi connectivity index (χ2n) is 5.34. The van der Waals surface area contributed by atoms with Gasteiger partial charge in [0.05, 0.1) is 6.42 Å². The summed E-state index contributed by atoms with van der Waals surface area (Å²) >= 11 is 1.67. The SMILES string of the molecule is CCN(CC)CCOC(=O)Cc1sccc1C1C=CCC1.Cl. The predicted molar refractivity (Wildman–Crippen MR) is 95.1 cm³/mol. The molecule has 1 aliphatic carbocycles. The highest BCUT2D eigenvalue weighted by atomic mass is 35.5. The second kappa shape index (κ2) is 10.0. The van der Waals surface area contributed by atoms with Crippen LogP contribution in [0.15, 0.2) is 23.6 Å². The summed E-state index contributed by atoms with van der Waals surface area (Å²) in [5, 5.41) is 2.08. The highest BCUT2D eigenvalue weighted by molar-refractivity contribution is 7.10. The smallest absolute Gasteiger partial charge is 0.311 e. The standard InChI is InChI=1S/C17H25NO2S.ClH/c1-3-18(4-2)10-11-20-17(19)13-16-15(9-12-21-16)14-7-5-6-8-14;/h5,7,9,12,14H,3-4,6,8,10-11,13H2,1-2H3;1H. The molecule has 0 spiro atoms. The number of rotatable bonds is 8. The lowest BCUT2D eigenvalue weighted by molar-refractivity contribution is -0.143. The van der Waals surface area contributed by atoms with Crippen molar-refractivity contribution in [3.8, 4) is 0 Å². The fraction of sp³-hybridized carbons (Fsp3) is 0.588. The first-order chi connectivity index (χ1) is 10.2. The van der Waals surface area contributed by atoms with Gasteiger partial charge in [0.2, 0.25) is 0 Å². The van der Waals surface area contributed by atoms with Gasteiger partial charge in [-0.05, 0) is 42.9 Å². The molecule has 22 heavy (non-hydrogen) atoms. The Hall–Kier alpha value is -0.840. The number of ether oxygens (including phenoxy) is 1. The van der Waals surface area contributed by atoms with Crippen molar-refractivity contribution in [2.24, 2.45) is 0 Å². The molecule has 1 aromatic rings. The lowest BCUT2D eigenvalue weighted by Gasteiger charge is -2.17. The fourth-order valence-corrected chi connectivity index (χ4v) is 3.66. The van der Waals surface area contributed by atoms with E-state index >= 15 is 0 Å². The Kier molecular flexibility index (Phi) is 8.76. The number of likely N-dealkylation sites (N-methyl/N-ethyl adjacent to an activating group) is 1. The minimum absolute atomic E-state index is 0. The summed E-state index contributed by atoms with van der Waals surface area (Å²) in [6.07, 6.45) is 7.22. The first-order valence-corrected chi connectivity index (χ1v) is 8.73. The van der Waals surface area contributed by atoms with Crippen LogP contribution < -0.4 is 0 Å². The van der Waals surface area contributed by atoms with Gasteiger partial charge in [0, 0.05) is 17.3 Å². The average Bonchev–Trinajstić information content (AvgIpc) is 3.14. The first-order valence-electron chi connectivity index (χ1n) is 7.85. The van der Waals surface area contributed by atoms with E-state index in [1.807, 2.05) is 0 Å². The van der Waals surface area contributed by atoms with Crippen molar-refractivity contribution in [2.75, 3.05) is 26.2 Å². The van der Waals surface area contributed by atoms with Crippen LogP contribution in [0.1, 0.15) is 43.0 Å². The van der Waals surface area contributed by atoms with Gasteiger partial charge in [-0.1, -0.05) is 26.0 Å². The van der Waals surface area contributed by atoms with Crippen LogP contribution in [0.3, 0.4) is 0 Å². The van der Waals surface area contributed by atoms with E-state index < -0.39 is 0 Å². The van der Waals surface area contributed by atoms with Gasteiger partial charge in [0.15, 0.2) is 0 Å². The Balaban J connectivity index is 0.00000242. The molecule has 0 aliphatic heterocycles. The van der Waals surface area contributed by atoms with Gasteiger partial charge in [-0.25, -0.2) is 0 Å². The van der Waals surface area contributed by atoms with Crippen LogP contribution in [-0.2, 0) is 16.0 Å². The lowest BCUT2D eigenvalue weighted by atomic mass is 9.98. The molecule has 0 amide bonds. The van der Waals surface area contributed by atoms with Gasteiger partial charge in [-0.3, -0.25) is 4.79 Å². The maximum absolute atomic E-state index is 12.0. The Morgan fingerprint density at radius 3 is 2.82 bits per heavy atom. The Labute approximate surface area is 143 Å². The van der Waals surface area contributed by atoms with Crippen molar-refractivity contribution >= 4 is 29.7 Å². The Morgan fingerprint density at radius 2 is 2.18 bits per heavy atom. The summed E-state index contributed by atoms with van der Waals surface area (Å²) in [4.78, 5) is 15.4. The van der Waals surface area contributed by atoms with Crippen molar-refractivity contribution in [3.63, 3.8) is 0 Å². The highest BCUT2D eigenvalue weighted by Crippen LogP contribution is 2.33. The molecule has 0 aromatic carbocycles. The van der Waals surface area contributed by atoms with E-state index in [9.17, 15) is 4.79 Å². The first kappa shape index (κ1) is 19.2. The lowest BCUT2D eigenvalue weighted by Crippen LogP contribution is -2.28. The van der Waals surface area contributed by atoms with Crippen LogP contribution in [0.2, 0.25) is 0 Å². The van der Waals surface area contributed by atoms with Crippen molar-refractivity contribution < 1.29 is 9.53 Å². The molecule has 1 heterocycles. The summed E-state index contributed by atoms with van der Waals surface area (Å²) in [6, 6.07) is 2.16. The molecule has 124 valence electrons. The number of thiophene rings is 1. The van der Waals surface area contributed by atoms with E-state index in [4.69, 9.17) is 4.74 Å². The van der Waals surface area contributed by atoms with Crippen molar-refractivity contribution in [1.82, 2.24) is 4.90 Å². The average molecular weight is 344 g/mol. The molecule has 0 radical (unpaired) electrons. The third-order valence-electron chi connectivity index (χ3n) is 4.06. The van der Waals surface area contributed by atoms with Gasteiger partial charge in [-0.15, -0.1) is 23.7 Å². The number of hydrogen-bond donors (Lipinski definition) is 0. The van der Waals surface area contributed by atoms with Crippen molar-refractivity contribution in [1.29, 1.82) is 0 Å². The minimum atomic E-state index is -0.104. The summed E-state index contributed by atoms with van der Waals surface area (Å²) in [7, 11) is 0. The zero-order valence-electron chi connectivity index (χ0n) is 13.4. The Bertz CT molecular complexity index is 483.